The van der Waals surface area contributed by atoms with Crippen molar-refractivity contribution in [1.82, 2.24) is 0 Å². The van der Waals surface area contributed by atoms with E-state index in [-0.39, 0.29) is 0 Å². The van der Waals surface area contributed by atoms with E-state index in [4.69, 9.17) is 4.42 Å². The lowest BCUT2D eigenvalue weighted by molar-refractivity contribution is 0.597. The molecule has 0 fully saturated rings. The second-order valence-electron chi connectivity index (χ2n) is 6.95. The van der Waals surface area contributed by atoms with Crippen molar-refractivity contribution in [2.75, 3.05) is 0 Å². The zero-order valence-electron chi connectivity index (χ0n) is 15.9. The molecular formula is C25H22N2O. The van der Waals surface area contributed by atoms with Gasteiger partial charge in [0, 0.05) is 17.3 Å². The van der Waals surface area contributed by atoms with Crippen LogP contribution in [0.3, 0.4) is 0 Å². The molecule has 1 aliphatic carbocycles. The van der Waals surface area contributed by atoms with E-state index in [9.17, 15) is 0 Å². The molecule has 3 aromatic rings. The molecule has 1 aliphatic rings. The first-order valence-corrected chi connectivity index (χ1v) is 9.41. The molecule has 2 aromatic carbocycles. The Hall–Kier alpha value is -3.46. The zero-order chi connectivity index (χ0) is 19.3. The summed E-state index contributed by atoms with van der Waals surface area (Å²) in [6, 6.07) is 19.9. The second-order valence-corrected chi connectivity index (χ2v) is 6.95. The molecule has 1 heterocycles. The van der Waals surface area contributed by atoms with Gasteiger partial charge in [-0.2, -0.15) is 0 Å². The summed E-state index contributed by atoms with van der Waals surface area (Å²) in [5.41, 5.74) is 4.98. The molecule has 0 amide bonds. The normalized spacial score (nSPS) is 16.3. The molecule has 0 saturated heterocycles. The summed E-state index contributed by atoms with van der Waals surface area (Å²) in [5.74, 6) is 2.28. The highest BCUT2D eigenvalue weighted by atomic mass is 16.3. The zero-order valence-corrected chi connectivity index (χ0v) is 15.9. The van der Waals surface area contributed by atoms with Crippen LogP contribution in [0.4, 0.5) is 11.4 Å². The molecule has 1 atom stereocenters. The van der Waals surface area contributed by atoms with Gasteiger partial charge in [0.1, 0.15) is 11.5 Å². The SMILES string of the molecule is C=Nc1ccc(-c2ccc(-c3ccc(N=CC4=CCC(C)C=C4)cc3)o2)cc1. The third-order valence-corrected chi connectivity index (χ3v) is 4.80. The Bertz CT molecular complexity index is 1050. The van der Waals surface area contributed by atoms with Gasteiger partial charge in [0.05, 0.1) is 11.4 Å². The topological polar surface area (TPSA) is 37.9 Å². The fourth-order valence-electron chi connectivity index (χ4n) is 3.08. The predicted molar refractivity (Wildman–Crippen MR) is 118 cm³/mol. The maximum atomic E-state index is 6.03. The number of furan rings is 1. The second kappa shape index (κ2) is 8.05. The van der Waals surface area contributed by atoms with E-state index in [1.165, 1.54) is 0 Å². The molecule has 0 N–H and O–H groups in total. The van der Waals surface area contributed by atoms with Gasteiger partial charge in [-0.1, -0.05) is 25.2 Å². The minimum Gasteiger partial charge on any atom is -0.456 e. The van der Waals surface area contributed by atoms with Crippen LogP contribution in [-0.4, -0.2) is 12.9 Å². The molecule has 1 unspecified atom stereocenters. The highest BCUT2D eigenvalue weighted by Crippen LogP contribution is 2.30. The van der Waals surface area contributed by atoms with Crippen molar-refractivity contribution >= 4 is 24.3 Å². The Balaban J connectivity index is 1.47. The fraction of sp³-hybridized carbons (Fsp3) is 0.120. The number of rotatable bonds is 5. The van der Waals surface area contributed by atoms with Gasteiger partial charge in [0.2, 0.25) is 0 Å². The van der Waals surface area contributed by atoms with Crippen LogP contribution in [-0.2, 0) is 0 Å². The first kappa shape index (κ1) is 17.9. The maximum absolute atomic E-state index is 6.03. The average molecular weight is 366 g/mol. The first-order valence-electron chi connectivity index (χ1n) is 9.41. The van der Waals surface area contributed by atoms with Gasteiger partial charge in [-0.05, 0) is 85.3 Å². The molecule has 4 rings (SSSR count). The third kappa shape index (κ3) is 4.09. The van der Waals surface area contributed by atoms with Gasteiger partial charge in [-0.25, -0.2) is 0 Å². The number of benzene rings is 2. The quantitative estimate of drug-likeness (QED) is 0.441. The van der Waals surface area contributed by atoms with Gasteiger partial charge in [-0.15, -0.1) is 0 Å². The van der Waals surface area contributed by atoms with Crippen LogP contribution in [0.15, 0.2) is 98.9 Å². The van der Waals surface area contributed by atoms with Gasteiger partial charge < -0.3 is 4.42 Å². The van der Waals surface area contributed by atoms with Gasteiger partial charge in [0.15, 0.2) is 0 Å². The molecule has 0 radical (unpaired) electrons. The molecule has 0 saturated carbocycles. The smallest absolute Gasteiger partial charge is 0.134 e. The Labute approximate surface area is 165 Å². The van der Waals surface area contributed by atoms with Crippen molar-refractivity contribution < 1.29 is 4.42 Å². The van der Waals surface area contributed by atoms with Gasteiger partial charge >= 0.3 is 0 Å². The molecular weight excluding hydrogens is 344 g/mol. The largest absolute Gasteiger partial charge is 0.456 e. The molecule has 0 spiro atoms. The van der Waals surface area contributed by atoms with Crippen LogP contribution in [0.2, 0.25) is 0 Å². The van der Waals surface area contributed by atoms with Crippen molar-refractivity contribution in [3.05, 3.63) is 84.5 Å². The summed E-state index contributed by atoms with van der Waals surface area (Å²) in [7, 11) is 0. The summed E-state index contributed by atoms with van der Waals surface area (Å²) in [4.78, 5) is 8.48. The first-order chi connectivity index (χ1) is 13.7. The van der Waals surface area contributed by atoms with Crippen molar-refractivity contribution in [3.63, 3.8) is 0 Å². The van der Waals surface area contributed by atoms with Gasteiger partial charge in [0.25, 0.3) is 0 Å². The Morgan fingerprint density at radius 3 is 2.04 bits per heavy atom. The lowest BCUT2D eigenvalue weighted by atomic mass is 9.99. The van der Waals surface area contributed by atoms with Crippen LogP contribution >= 0.6 is 0 Å². The Morgan fingerprint density at radius 2 is 1.50 bits per heavy atom. The van der Waals surface area contributed by atoms with Gasteiger partial charge in [-0.3, -0.25) is 9.98 Å². The standard InChI is InChI=1S/C25H22N2O/c1-18-3-5-19(6-4-18)17-27-23-13-9-21(10-14-23)25-16-15-24(28-25)20-7-11-22(26-2)12-8-20/h3,5-18H,2,4H2,1H3. The summed E-state index contributed by atoms with van der Waals surface area (Å²) >= 11 is 0. The van der Waals surface area contributed by atoms with Crippen LogP contribution in [0, 0.1) is 5.92 Å². The van der Waals surface area contributed by atoms with Crippen molar-refractivity contribution in [2.45, 2.75) is 13.3 Å². The summed E-state index contributed by atoms with van der Waals surface area (Å²) < 4.78 is 6.03. The molecule has 138 valence electrons. The van der Waals surface area contributed by atoms with Crippen LogP contribution in [0.25, 0.3) is 22.6 Å². The molecule has 3 nitrogen and oxygen atoms in total. The highest BCUT2D eigenvalue weighted by molar-refractivity contribution is 5.84. The number of nitrogens with zero attached hydrogens (tertiary/aromatic N) is 2. The van der Waals surface area contributed by atoms with E-state index in [0.29, 0.717) is 5.92 Å². The van der Waals surface area contributed by atoms with E-state index in [2.05, 4.69) is 41.9 Å². The Morgan fingerprint density at radius 1 is 0.893 bits per heavy atom. The molecule has 28 heavy (non-hydrogen) atoms. The average Bonchev–Trinajstić information content (AvgIpc) is 3.24. The molecule has 0 aliphatic heterocycles. The van der Waals surface area contributed by atoms with E-state index < -0.39 is 0 Å². The molecule has 0 bridgehead atoms. The van der Waals surface area contributed by atoms with Crippen LogP contribution in [0.1, 0.15) is 13.3 Å². The summed E-state index contributed by atoms with van der Waals surface area (Å²) in [5, 5.41) is 0. The fourth-order valence-corrected chi connectivity index (χ4v) is 3.08. The summed E-state index contributed by atoms with van der Waals surface area (Å²) in [6.45, 7) is 5.75. The Kier molecular flexibility index (Phi) is 5.16. The van der Waals surface area contributed by atoms with E-state index in [0.717, 1.165) is 46.0 Å². The number of aliphatic imine (C=N–C) groups is 2. The van der Waals surface area contributed by atoms with Crippen molar-refractivity contribution in [3.8, 4) is 22.6 Å². The number of hydrogen-bond acceptors (Lipinski definition) is 3. The van der Waals surface area contributed by atoms with E-state index in [1.54, 1.807) is 0 Å². The monoisotopic (exact) mass is 366 g/mol. The maximum Gasteiger partial charge on any atom is 0.134 e. The molecule has 1 aromatic heterocycles. The summed E-state index contributed by atoms with van der Waals surface area (Å²) in [6.07, 6.45) is 9.58. The lowest BCUT2D eigenvalue weighted by Crippen LogP contribution is -1.94. The highest BCUT2D eigenvalue weighted by Gasteiger charge is 2.07. The molecule has 3 heteroatoms. The van der Waals surface area contributed by atoms with Crippen molar-refractivity contribution in [2.24, 2.45) is 15.9 Å². The van der Waals surface area contributed by atoms with E-state index in [1.807, 2.05) is 66.9 Å². The minimum absolute atomic E-state index is 0.617. The minimum atomic E-state index is 0.617. The number of allylic oxidation sites excluding steroid dienone is 4. The van der Waals surface area contributed by atoms with Crippen LogP contribution < -0.4 is 0 Å². The lowest BCUT2D eigenvalue weighted by Gasteiger charge is -2.07. The third-order valence-electron chi connectivity index (χ3n) is 4.80. The predicted octanol–water partition coefficient (Wildman–Crippen LogP) is 7.17. The van der Waals surface area contributed by atoms with Crippen LogP contribution in [0.5, 0.6) is 0 Å². The van der Waals surface area contributed by atoms with E-state index >= 15 is 0 Å². The number of hydrogen-bond donors (Lipinski definition) is 0. The van der Waals surface area contributed by atoms with Crippen molar-refractivity contribution in [1.29, 1.82) is 0 Å².